The first kappa shape index (κ1) is 19.0. The number of thioether (sulfide) groups is 1. The van der Waals surface area contributed by atoms with Crippen molar-refractivity contribution in [2.45, 2.75) is 12.8 Å². The summed E-state index contributed by atoms with van der Waals surface area (Å²) in [5, 5.41) is 7.44. The molecule has 1 atom stereocenters. The molecule has 0 spiro atoms. The molecule has 5 nitrogen and oxygen atoms in total. The van der Waals surface area contributed by atoms with Gasteiger partial charge in [0.25, 0.3) is 11.8 Å². The maximum absolute atomic E-state index is 12.3. The van der Waals surface area contributed by atoms with Crippen LogP contribution in [0.3, 0.4) is 0 Å². The first-order chi connectivity index (χ1) is 13.1. The fourth-order valence-electron chi connectivity index (χ4n) is 2.63. The predicted molar refractivity (Wildman–Crippen MR) is 109 cm³/mol. The van der Waals surface area contributed by atoms with E-state index in [4.69, 9.17) is 4.74 Å². The number of benzene rings is 2. The van der Waals surface area contributed by atoms with Gasteiger partial charge in [-0.25, -0.2) is 0 Å². The molecule has 0 aromatic heterocycles. The summed E-state index contributed by atoms with van der Waals surface area (Å²) in [6.45, 7) is 3.17. The van der Waals surface area contributed by atoms with Gasteiger partial charge in [0.05, 0.1) is 6.61 Å². The SMILES string of the molecule is C[C@H](CNC(=O)c1ccc(NC(=O)C2=CSCCO2)cc1)c1ccccc1. The number of hydrogen-bond acceptors (Lipinski definition) is 4. The molecule has 2 aromatic carbocycles. The minimum absolute atomic E-state index is 0.134. The Labute approximate surface area is 163 Å². The van der Waals surface area contributed by atoms with E-state index in [0.717, 1.165) is 5.75 Å². The molecule has 27 heavy (non-hydrogen) atoms. The molecule has 0 bridgehead atoms. The van der Waals surface area contributed by atoms with Crippen LogP contribution in [0.15, 0.2) is 65.8 Å². The third-order valence-corrected chi connectivity index (χ3v) is 5.00. The highest BCUT2D eigenvalue weighted by atomic mass is 32.2. The van der Waals surface area contributed by atoms with Gasteiger partial charge in [-0.05, 0) is 35.7 Å². The molecule has 6 heteroatoms. The van der Waals surface area contributed by atoms with Crippen molar-refractivity contribution >= 4 is 29.3 Å². The van der Waals surface area contributed by atoms with E-state index in [1.807, 2.05) is 18.2 Å². The van der Waals surface area contributed by atoms with Crippen molar-refractivity contribution in [2.75, 3.05) is 24.2 Å². The summed E-state index contributed by atoms with van der Waals surface area (Å²) < 4.78 is 5.33. The van der Waals surface area contributed by atoms with Gasteiger partial charge in [0, 0.05) is 29.0 Å². The van der Waals surface area contributed by atoms with E-state index >= 15 is 0 Å². The summed E-state index contributed by atoms with van der Waals surface area (Å²) in [6.07, 6.45) is 0. The molecule has 3 rings (SSSR count). The van der Waals surface area contributed by atoms with Crippen LogP contribution >= 0.6 is 11.8 Å². The maximum Gasteiger partial charge on any atom is 0.291 e. The van der Waals surface area contributed by atoms with Crippen molar-refractivity contribution in [2.24, 2.45) is 0 Å². The average Bonchev–Trinajstić information content (AvgIpc) is 2.73. The first-order valence-corrected chi connectivity index (χ1v) is 9.87. The average molecular weight is 382 g/mol. The lowest BCUT2D eigenvalue weighted by molar-refractivity contribution is -0.116. The molecule has 1 aliphatic heterocycles. The fraction of sp³-hybridized carbons (Fsp3) is 0.238. The summed E-state index contributed by atoms with van der Waals surface area (Å²) in [6, 6.07) is 16.9. The van der Waals surface area contributed by atoms with Gasteiger partial charge in [-0.15, -0.1) is 11.8 Å². The van der Waals surface area contributed by atoms with E-state index in [-0.39, 0.29) is 17.7 Å². The highest BCUT2D eigenvalue weighted by Gasteiger charge is 2.15. The molecule has 1 heterocycles. The quantitative estimate of drug-likeness (QED) is 0.798. The monoisotopic (exact) mass is 382 g/mol. The van der Waals surface area contributed by atoms with Crippen molar-refractivity contribution < 1.29 is 14.3 Å². The van der Waals surface area contributed by atoms with Crippen molar-refractivity contribution in [3.8, 4) is 0 Å². The molecule has 0 aliphatic carbocycles. The highest BCUT2D eigenvalue weighted by molar-refractivity contribution is 8.02. The van der Waals surface area contributed by atoms with Crippen LogP contribution in [0.5, 0.6) is 0 Å². The summed E-state index contributed by atoms with van der Waals surface area (Å²) in [4.78, 5) is 24.4. The molecular formula is C21H22N2O3S. The van der Waals surface area contributed by atoms with Gasteiger partial charge in [0.15, 0.2) is 5.76 Å². The van der Waals surface area contributed by atoms with Crippen molar-refractivity contribution in [3.05, 3.63) is 76.9 Å². The minimum atomic E-state index is -0.281. The normalized spacial score (nSPS) is 14.5. The second kappa shape index (κ2) is 9.28. The number of carbonyl (C=O) groups excluding carboxylic acids is 2. The molecule has 0 saturated carbocycles. The third-order valence-electron chi connectivity index (χ3n) is 4.22. The number of nitrogens with one attached hydrogen (secondary N) is 2. The topological polar surface area (TPSA) is 67.4 Å². The fourth-order valence-corrected chi connectivity index (χ4v) is 3.26. The number of hydrogen-bond donors (Lipinski definition) is 2. The van der Waals surface area contributed by atoms with E-state index in [1.54, 1.807) is 41.4 Å². The molecular weight excluding hydrogens is 360 g/mol. The van der Waals surface area contributed by atoms with Crippen LogP contribution < -0.4 is 10.6 Å². The van der Waals surface area contributed by atoms with Crippen LogP contribution in [0.25, 0.3) is 0 Å². The highest BCUT2D eigenvalue weighted by Crippen LogP contribution is 2.18. The van der Waals surface area contributed by atoms with E-state index < -0.39 is 0 Å². The zero-order valence-corrected chi connectivity index (χ0v) is 15.9. The van der Waals surface area contributed by atoms with Gasteiger partial charge in [0.2, 0.25) is 0 Å². The lowest BCUT2D eigenvalue weighted by Crippen LogP contribution is -2.27. The van der Waals surface area contributed by atoms with Gasteiger partial charge >= 0.3 is 0 Å². The zero-order chi connectivity index (χ0) is 19.1. The van der Waals surface area contributed by atoms with Gasteiger partial charge < -0.3 is 15.4 Å². The Hall–Kier alpha value is -2.73. The van der Waals surface area contributed by atoms with Gasteiger partial charge in [0.1, 0.15) is 0 Å². The van der Waals surface area contributed by atoms with Crippen LogP contribution in [-0.4, -0.2) is 30.7 Å². The third kappa shape index (κ3) is 5.37. The predicted octanol–water partition coefficient (Wildman–Crippen LogP) is 3.76. The van der Waals surface area contributed by atoms with Crippen LogP contribution in [0, 0.1) is 0 Å². The number of carbonyl (C=O) groups is 2. The second-order valence-electron chi connectivity index (χ2n) is 6.25. The molecule has 140 valence electrons. The Morgan fingerprint density at radius 3 is 2.48 bits per heavy atom. The van der Waals surface area contributed by atoms with Crippen molar-refractivity contribution in [3.63, 3.8) is 0 Å². The van der Waals surface area contributed by atoms with E-state index in [1.165, 1.54) is 5.56 Å². The largest absolute Gasteiger partial charge is 0.487 e. The standard InChI is InChI=1S/C21H22N2O3S/c1-15(16-5-3-2-4-6-16)13-22-20(24)17-7-9-18(10-8-17)23-21(25)19-14-27-12-11-26-19/h2-10,14-15H,11-13H2,1H3,(H,22,24)(H,23,25)/t15-/m1/s1. The zero-order valence-electron chi connectivity index (χ0n) is 15.1. The number of anilines is 1. The lowest BCUT2D eigenvalue weighted by atomic mass is 10.0. The first-order valence-electron chi connectivity index (χ1n) is 8.82. The summed E-state index contributed by atoms with van der Waals surface area (Å²) in [5.41, 5.74) is 2.36. The maximum atomic E-state index is 12.3. The molecule has 1 aliphatic rings. The Kier molecular flexibility index (Phi) is 6.54. The van der Waals surface area contributed by atoms with Gasteiger partial charge in [-0.1, -0.05) is 37.3 Å². The van der Waals surface area contributed by atoms with Gasteiger partial charge in [-0.3, -0.25) is 9.59 Å². The smallest absolute Gasteiger partial charge is 0.291 e. The Bertz CT molecular complexity index is 819. The summed E-state index contributed by atoms with van der Waals surface area (Å²) >= 11 is 1.55. The van der Waals surface area contributed by atoms with Crippen LogP contribution in [0.4, 0.5) is 5.69 Å². The van der Waals surface area contributed by atoms with Crippen LogP contribution in [0.2, 0.25) is 0 Å². The lowest BCUT2D eigenvalue weighted by Gasteiger charge is -2.14. The summed E-state index contributed by atoms with van der Waals surface area (Å²) in [5.74, 6) is 0.989. The molecule has 0 fully saturated rings. The van der Waals surface area contributed by atoms with Crippen LogP contribution in [0.1, 0.15) is 28.8 Å². The molecule has 0 saturated heterocycles. The summed E-state index contributed by atoms with van der Waals surface area (Å²) in [7, 11) is 0. The van der Waals surface area contributed by atoms with Crippen molar-refractivity contribution in [1.29, 1.82) is 0 Å². The molecule has 2 N–H and O–H groups in total. The number of ether oxygens (including phenoxy) is 1. The molecule has 0 radical (unpaired) electrons. The van der Waals surface area contributed by atoms with Crippen LogP contribution in [-0.2, 0) is 9.53 Å². The van der Waals surface area contributed by atoms with E-state index in [2.05, 4.69) is 29.7 Å². The second-order valence-corrected chi connectivity index (χ2v) is 7.23. The number of rotatable bonds is 6. The van der Waals surface area contributed by atoms with E-state index in [9.17, 15) is 9.59 Å². The molecule has 0 unspecified atom stereocenters. The Morgan fingerprint density at radius 1 is 1.07 bits per heavy atom. The van der Waals surface area contributed by atoms with Gasteiger partial charge in [-0.2, -0.15) is 0 Å². The van der Waals surface area contributed by atoms with E-state index in [0.29, 0.717) is 30.2 Å². The number of amides is 2. The molecule has 2 amide bonds. The van der Waals surface area contributed by atoms with Crippen molar-refractivity contribution in [1.82, 2.24) is 5.32 Å². The Balaban J connectivity index is 1.52. The molecule has 2 aromatic rings. The Morgan fingerprint density at radius 2 is 1.81 bits per heavy atom. The minimum Gasteiger partial charge on any atom is -0.487 e.